The van der Waals surface area contributed by atoms with Crippen molar-refractivity contribution in [3.05, 3.63) is 30.1 Å². The molecule has 2 heterocycles. The van der Waals surface area contributed by atoms with E-state index in [4.69, 9.17) is 5.11 Å². The second kappa shape index (κ2) is 5.68. The summed E-state index contributed by atoms with van der Waals surface area (Å²) in [4.78, 5) is 11.1. The van der Waals surface area contributed by atoms with E-state index in [1.54, 1.807) is 23.0 Å². The van der Waals surface area contributed by atoms with E-state index in [1.807, 2.05) is 26.8 Å². The van der Waals surface area contributed by atoms with Crippen LogP contribution in [0.25, 0.3) is 5.82 Å². The third kappa shape index (κ3) is 3.11. The van der Waals surface area contributed by atoms with E-state index in [2.05, 4.69) is 20.6 Å². The van der Waals surface area contributed by atoms with E-state index >= 15 is 0 Å². The van der Waals surface area contributed by atoms with Gasteiger partial charge in [0.1, 0.15) is 11.9 Å². The number of aliphatic carboxylic acids is 1. The van der Waals surface area contributed by atoms with Crippen LogP contribution in [-0.4, -0.2) is 37.1 Å². The number of carboxylic acid groups (broad SMARTS) is 1. The summed E-state index contributed by atoms with van der Waals surface area (Å²) in [7, 11) is 0. The van der Waals surface area contributed by atoms with Gasteiger partial charge in [0, 0.05) is 6.20 Å². The fraction of sp³-hybridized carbons (Fsp3) is 0.385. The van der Waals surface area contributed by atoms with Crippen LogP contribution in [0.5, 0.6) is 0 Å². The number of hydrogen-bond acceptors (Lipinski definition) is 5. The Kier molecular flexibility index (Phi) is 3.97. The second-order valence-electron chi connectivity index (χ2n) is 4.88. The summed E-state index contributed by atoms with van der Waals surface area (Å²) in [6.45, 7) is 5.56. The number of anilines is 1. The van der Waals surface area contributed by atoms with E-state index in [0.29, 0.717) is 11.6 Å². The number of aromatic nitrogens is 4. The van der Waals surface area contributed by atoms with Crippen molar-refractivity contribution in [1.29, 1.82) is 0 Å². The van der Waals surface area contributed by atoms with Crippen molar-refractivity contribution in [2.45, 2.75) is 26.8 Å². The number of rotatable bonds is 5. The molecule has 0 aliphatic carbocycles. The fourth-order valence-electron chi connectivity index (χ4n) is 1.74. The largest absolute Gasteiger partial charge is 0.480 e. The normalized spacial score (nSPS) is 12.4. The second-order valence-corrected chi connectivity index (χ2v) is 4.88. The van der Waals surface area contributed by atoms with Crippen LogP contribution in [0.2, 0.25) is 0 Å². The van der Waals surface area contributed by atoms with Gasteiger partial charge in [0.05, 0.1) is 5.69 Å². The van der Waals surface area contributed by atoms with Crippen molar-refractivity contribution in [2.75, 3.05) is 5.32 Å². The van der Waals surface area contributed by atoms with E-state index in [-0.39, 0.29) is 5.92 Å². The molecule has 0 aromatic carbocycles. The first kappa shape index (κ1) is 14.0. The molecule has 2 rings (SSSR count). The molecule has 2 aromatic rings. The molecule has 0 amide bonds. The van der Waals surface area contributed by atoms with E-state index < -0.39 is 12.0 Å². The minimum Gasteiger partial charge on any atom is -0.480 e. The van der Waals surface area contributed by atoms with Crippen molar-refractivity contribution in [2.24, 2.45) is 5.92 Å². The lowest BCUT2D eigenvalue weighted by Gasteiger charge is -2.17. The predicted octanol–water partition coefficient (Wildman–Crippen LogP) is 1.49. The summed E-state index contributed by atoms with van der Waals surface area (Å²) >= 11 is 0. The van der Waals surface area contributed by atoms with Gasteiger partial charge in [0.25, 0.3) is 0 Å². The van der Waals surface area contributed by atoms with Crippen molar-refractivity contribution in [3.8, 4) is 5.82 Å². The van der Waals surface area contributed by atoms with Gasteiger partial charge >= 0.3 is 5.97 Å². The Labute approximate surface area is 116 Å². The predicted molar refractivity (Wildman–Crippen MR) is 73.8 cm³/mol. The Balaban J connectivity index is 2.14. The number of aryl methyl sites for hydroxylation is 1. The van der Waals surface area contributed by atoms with Gasteiger partial charge in [-0.2, -0.15) is 5.10 Å². The summed E-state index contributed by atoms with van der Waals surface area (Å²) < 4.78 is 1.61. The zero-order valence-corrected chi connectivity index (χ0v) is 11.6. The van der Waals surface area contributed by atoms with Crippen molar-refractivity contribution in [1.82, 2.24) is 20.0 Å². The third-order valence-electron chi connectivity index (χ3n) is 2.84. The van der Waals surface area contributed by atoms with Crippen LogP contribution in [-0.2, 0) is 4.79 Å². The Morgan fingerprint density at radius 3 is 2.50 bits per heavy atom. The highest BCUT2D eigenvalue weighted by atomic mass is 16.4. The van der Waals surface area contributed by atoms with Crippen molar-refractivity contribution in [3.63, 3.8) is 0 Å². The molecule has 0 bridgehead atoms. The highest BCUT2D eigenvalue weighted by Gasteiger charge is 2.21. The first-order valence-electron chi connectivity index (χ1n) is 6.33. The maximum absolute atomic E-state index is 11.1. The average Bonchev–Trinajstić information content (AvgIpc) is 2.82. The van der Waals surface area contributed by atoms with Crippen molar-refractivity contribution < 1.29 is 9.90 Å². The summed E-state index contributed by atoms with van der Waals surface area (Å²) in [5, 5.41) is 24.2. The zero-order valence-electron chi connectivity index (χ0n) is 11.6. The molecule has 0 fully saturated rings. The molecule has 0 radical (unpaired) electrons. The number of nitrogens with one attached hydrogen (secondary N) is 1. The van der Waals surface area contributed by atoms with Crippen LogP contribution >= 0.6 is 0 Å². The van der Waals surface area contributed by atoms with Crippen molar-refractivity contribution >= 4 is 11.8 Å². The fourth-order valence-corrected chi connectivity index (χ4v) is 1.74. The molecule has 0 aliphatic heterocycles. The standard InChI is InChI=1S/C13H17N5O2/c1-8(2)12(13(19)20)14-10-4-5-11(16-15-10)18-7-6-9(3)17-18/h4-8,12H,1-3H3,(H,14,15)(H,19,20)/t12-/m0/s1. The summed E-state index contributed by atoms with van der Waals surface area (Å²) in [6.07, 6.45) is 1.79. The first-order chi connectivity index (χ1) is 9.47. The van der Waals surface area contributed by atoms with Gasteiger partial charge in [0.15, 0.2) is 5.82 Å². The maximum Gasteiger partial charge on any atom is 0.326 e. The molecule has 0 saturated heterocycles. The van der Waals surface area contributed by atoms with Crippen LogP contribution in [0, 0.1) is 12.8 Å². The van der Waals surface area contributed by atoms with E-state index in [1.165, 1.54) is 0 Å². The minimum absolute atomic E-state index is 0.0530. The van der Waals surface area contributed by atoms with Gasteiger partial charge in [-0.25, -0.2) is 9.48 Å². The van der Waals surface area contributed by atoms with Crippen LogP contribution in [0.1, 0.15) is 19.5 Å². The number of carbonyl (C=O) groups is 1. The van der Waals surface area contributed by atoms with Gasteiger partial charge in [-0.1, -0.05) is 13.8 Å². The lowest BCUT2D eigenvalue weighted by Crippen LogP contribution is -2.34. The van der Waals surface area contributed by atoms with Gasteiger partial charge in [-0.15, -0.1) is 10.2 Å². The molecule has 2 N–H and O–H groups in total. The molecule has 20 heavy (non-hydrogen) atoms. The highest BCUT2D eigenvalue weighted by Crippen LogP contribution is 2.11. The molecule has 0 aliphatic rings. The molecule has 7 heteroatoms. The molecule has 0 unspecified atom stereocenters. The highest BCUT2D eigenvalue weighted by molar-refractivity contribution is 5.77. The first-order valence-corrected chi connectivity index (χ1v) is 6.33. The average molecular weight is 275 g/mol. The summed E-state index contributed by atoms with van der Waals surface area (Å²) in [5.74, 6) is 0.0510. The summed E-state index contributed by atoms with van der Waals surface area (Å²) in [6, 6.07) is 4.60. The monoisotopic (exact) mass is 275 g/mol. The summed E-state index contributed by atoms with van der Waals surface area (Å²) in [5.41, 5.74) is 0.889. The van der Waals surface area contributed by atoms with E-state index in [0.717, 1.165) is 5.69 Å². The molecule has 2 aromatic heterocycles. The topological polar surface area (TPSA) is 92.9 Å². The van der Waals surface area contributed by atoms with Gasteiger partial charge in [0.2, 0.25) is 0 Å². The molecule has 0 spiro atoms. The Morgan fingerprint density at radius 1 is 1.30 bits per heavy atom. The SMILES string of the molecule is Cc1ccn(-c2ccc(N[C@H](C(=O)O)C(C)C)nn2)n1. The molecular weight excluding hydrogens is 258 g/mol. The van der Waals surface area contributed by atoms with Crippen LogP contribution in [0.3, 0.4) is 0 Å². The zero-order chi connectivity index (χ0) is 14.7. The Bertz CT molecular complexity index is 591. The molecule has 0 saturated carbocycles. The molecular formula is C13H17N5O2. The molecule has 106 valence electrons. The van der Waals surface area contributed by atoms with Gasteiger partial charge < -0.3 is 10.4 Å². The lowest BCUT2D eigenvalue weighted by molar-refractivity contribution is -0.138. The Hall–Kier alpha value is -2.44. The third-order valence-corrected chi connectivity index (χ3v) is 2.84. The van der Waals surface area contributed by atoms with Crippen LogP contribution in [0.4, 0.5) is 5.82 Å². The van der Waals surface area contributed by atoms with Gasteiger partial charge in [-0.3, -0.25) is 0 Å². The number of carboxylic acids is 1. The van der Waals surface area contributed by atoms with Gasteiger partial charge in [-0.05, 0) is 31.0 Å². The van der Waals surface area contributed by atoms with Crippen LogP contribution < -0.4 is 5.32 Å². The lowest BCUT2D eigenvalue weighted by atomic mass is 10.1. The number of hydrogen-bond donors (Lipinski definition) is 2. The maximum atomic E-state index is 11.1. The van der Waals surface area contributed by atoms with Crippen LogP contribution in [0.15, 0.2) is 24.4 Å². The number of nitrogens with zero attached hydrogens (tertiary/aromatic N) is 4. The molecule has 1 atom stereocenters. The molecule has 7 nitrogen and oxygen atoms in total. The Morgan fingerprint density at radius 2 is 2.05 bits per heavy atom. The smallest absolute Gasteiger partial charge is 0.326 e. The quantitative estimate of drug-likeness (QED) is 0.858. The minimum atomic E-state index is -0.909. The van der Waals surface area contributed by atoms with E-state index in [9.17, 15) is 4.79 Å².